The van der Waals surface area contributed by atoms with Crippen molar-refractivity contribution in [3.05, 3.63) is 60.2 Å². The van der Waals surface area contributed by atoms with Gasteiger partial charge in [0.2, 0.25) is 0 Å². The maximum atomic E-state index is 11.5. The highest BCUT2D eigenvalue weighted by atomic mass is 16.2. The molecule has 0 spiro atoms. The Labute approximate surface area is 140 Å². The quantitative estimate of drug-likeness (QED) is 0.551. The third-order valence-corrected chi connectivity index (χ3v) is 3.66. The number of nitrogens with zero attached hydrogens (tertiary/aromatic N) is 2. The second kappa shape index (κ2) is 7.40. The zero-order chi connectivity index (χ0) is 17.7. The molecule has 126 valence electrons. The van der Waals surface area contributed by atoms with Crippen molar-refractivity contribution in [2.75, 3.05) is 0 Å². The van der Waals surface area contributed by atoms with Crippen molar-refractivity contribution in [3.8, 4) is 0 Å². The van der Waals surface area contributed by atoms with E-state index in [1.54, 1.807) is 0 Å². The van der Waals surface area contributed by atoms with Gasteiger partial charge in [0.25, 0.3) is 0 Å². The number of carbonyl (C=O) groups excluding carboxylic acids is 2. The van der Waals surface area contributed by atoms with Crippen LogP contribution in [-0.2, 0) is 14.1 Å². The molecule has 6 N–H and O–H groups in total. The molecule has 2 atom stereocenters. The Hall–Kier alpha value is -3.16. The Morgan fingerprint density at radius 2 is 1.08 bits per heavy atom. The lowest BCUT2D eigenvalue weighted by atomic mass is 9.94. The molecule has 0 aliphatic rings. The highest BCUT2D eigenvalue weighted by Gasteiger charge is 2.28. The average Bonchev–Trinajstić information content (AvgIpc) is 2.52. The summed E-state index contributed by atoms with van der Waals surface area (Å²) >= 11 is 0. The van der Waals surface area contributed by atoms with E-state index in [0.717, 1.165) is 11.1 Å². The van der Waals surface area contributed by atoms with Gasteiger partial charge in [-0.1, -0.05) is 0 Å². The minimum atomic E-state index is -0.689. The fourth-order valence-electron chi connectivity index (χ4n) is 2.46. The summed E-state index contributed by atoms with van der Waals surface area (Å²) in [5, 5.41) is 5.37. The molecule has 0 saturated carbocycles. The Balaban J connectivity index is 2.46. The fraction of sp³-hybridized carbons (Fsp3) is 0.250. The minimum Gasteiger partial charge on any atom is -0.352 e. The van der Waals surface area contributed by atoms with Crippen LogP contribution in [0.2, 0.25) is 0 Å². The Morgan fingerprint density at radius 1 is 0.792 bits per heavy atom. The SMILES string of the molecule is C[n+]1ccc(C(NC(N)=O)C(NC(N)=O)c2cc[n+](C)cc2)cc1. The van der Waals surface area contributed by atoms with Crippen LogP contribution in [-0.4, -0.2) is 12.1 Å². The number of primary amides is 2. The number of aromatic nitrogens is 2. The van der Waals surface area contributed by atoms with Crippen molar-refractivity contribution < 1.29 is 18.7 Å². The van der Waals surface area contributed by atoms with Gasteiger partial charge in [-0.25, -0.2) is 18.7 Å². The van der Waals surface area contributed by atoms with E-state index < -0.39 is 24.1 Å². The van der Waals surface area contributed by atoms with Crippen molar-refractivity contribution in [3.63, 3.8) is 0 Å². The fourth-order valence-corrected chi connectivity index (χ4v) is 2.46. The number of pyridine rings is 2. The summed E-state index contributed by atoms with van der Waals surface area (Å²) in [6, 6.07) is 4.88. The number of hydrogen-bond acceptors (Lipinski definition) is 2. The molecule has 0 bridgehead atoms. The maximum Gasteiger partial charge on any atom is 0.312 e. The monoisotopic (exact) mass is 330 g/mol. The Morgan fingerprint density at radius 3 is 1.33 bits per heavy atom. The van der Waals surface area contributed by atoms with Gasteiger partial charge in [-0.15, -0.1) is 0 Å². The van der Waals surface area contributed by atoms with E-state index >= 15 is 0 Å². The lowest BCUT2D eigenvalue weighted by Crippen LogP contribution is -2.44. The van der Waals surface area contributed by atoms with Crippen LogP contribution < -0.4 is 31.2 Å². The zero-order valence-electron chi connectivity index (χ0n) is 13.6. The van der Waals surface area contributed by atoms with Crippen molar-refractivity contribution in [1.82, 2.24) is 10.6 Å². The van der Waals surface area contributed by atoms with Crippen molar-refractivity contribution >= 4 is 12.1 Å². The summed E-state index contributed by atoms with van der Waals surface area (Å²) in [5.74, 6) is 0. The molecule has 0 saturated heterocycles. The van der Waals surface area contributed by atoms with Crippen molar-refractivity contribution in [2.24, 2.45) is 25.6 Å². The number of urea groups is 2. The normalized spacial score (nSPS) is 12.9. The summed E-state index contributed by atoms with van der Waals surface area (Å²) in [6.45, 7) is 0. The number of amides is 4. The van der Waals surface area contributed by atoms with Gasteiger partial charge in [-0.2, -0.15) is 0 Å². The van der Waals surface area contributed by atoms with Crippen molar-refractivity contribution in [1.29, 1.82) is 0 Å². The molecule has 0 fully saturated rings. The molecule has 0 radical (unpaired) electrons. The summed E-state index contributed by atoms with van der Waals surface area (Å²) in [4.78, 5) is 23.0. The second-order valence-corrected chi connectivity index (χ2v) is 5.57. The molecular formula is C16H22N6O2+2. The van der Waals surface area contributed by atoms with E-state index in [0.29, 0.717) is 0 Å². The van der Waals surface area contributed by atoms with Gasteiger partial charge in [-0.3, -0.25) is 0 Å². The summed E-state index contributed by atoms with van der Waals surface area (Å²) < 4.78 is 3.73. The van der Waals surface area contributed by atoms with E-state index in [1.807, 2.05) is 72.3 Å². The lowest BCUT2D eigenvalue weighted by Gasteiger charge is -2.28. The van der Waals surface area contributed by atoms with Gasteiger partial charge in [0.15, 0.2) is 24.8 Å². The number of hydrogen-bond donors (Lipinski definition) is 4. The second-order valence-electron chi connectivity index (χ2n) is 5.57. The first-order valence-electron chi connectivity index (χ1n) is 7.39. The van der Waals surface area contributed by atoms with Crippen LogP contribution in [0.1, 0.15) is 23.2 Å². The molecule has 0 aromatic carbocycles. The zero-order valence-corrected chi connectivity index (χ0v) is 13.6. The number of nitrogens with two attached hydrogens (primary N) is 2. The van der Waals surface area contributed by atoms with Gasteiger partial charge < -0.3 is 22.1 Å². The molecule has 4 amide bonds. The molecular weight excluding hydrogens is 308 g/mol. The third-order valence-electron chi connectivity index (χ3n) is 3.66. The van der Waals surface area contributed by atoms with Crippen LogP contribution >= 0.6 is 0 Å². The van der Waals surface area contributed by atoms with Crippen LogP contribution in [0.25, 0.3) is 0 Å². The van der Waals surface area contributed by atoms with E-state index in [-0.39, 0.29) is 0 Å². The van der Waals surface area contributed by atoms with Gasteiger partial charge in [-0.05, 0) is 11.1 Å². The molecule has 0 aliphatic heterocycles. The summed E-state index contributed by atoms with van der Waals surface area (Å²) in [5.41, 5.74) is 12.2. The minimum absolute atomic E-state index is 0.566. The van der Waals surface area contributed by atoms with Crippen LogP contribution in [0, 0.1) is 0 Å². The largest absolute Gasteiger partial charge is 0.352 e. The van der Waals surface area contributed by atoms with E-state index in [9.17, 15) is 9.59 Å². The maximum absolute atomic E-state index is 11.5. The smallest absolute Gasteiger partial charge is 0.312 e. The van der Waals surface area contributed by atoms with Crippen LogP contribution in [0.5, 0.6) is 0 Å². The Bertz CT molecular complexity index is 651. The number of rotatable bonds is 5. The molecule has 8 heteroatoms. The topological polar surface area (TPSA) is 118 Å². The molecule has 2 aromatic rings. The average molecular weight is 330 g/mol. The first-order valence-corrected chi connectivity index (χ1v) is 7.39. The first kappa shape index (κ1) is 17.2. The van der Waals surface area contributed by atoms with Crippen LogP contribution in [0.15, 0.2) is 49.1 Å². The predicted octanol–water partition coefficient (Wildman–Crippen LogP) is -0.545. The van der Waals surface area contributed by atoms with E-state index in [1.165, 1.54) is 0 Å². The first-order chi connectivity index (χ1) is 11.4. The van der Waals surface area contributed by atoms with Gasteiger partial charge in [0.1, 0.15) is 14.1 Å². The predicted molar refractivity (Wildman–Crippen MR) is 86.2 cm³/mol. The molecule has 2 rings (SSSR count). The van der Waals surface area contributed by atoms with Gasteiger partial charge >= 0.3 is 12.1 Å². The lowest BCUT2D eigenvalue weighted by molar-refractivity contribution is -0.671. The number of nitrogens with one attached hydrogen (secondary N) is 2. The number of carbonyl (C=O) groups is 2. The van der Waals surface area contributed by atoms with Gasteiger partial charge in [0, 0.05) is 24.3 Å². The Kier molecular flexibility index (Phi) is 5.31. The molecule has 2 heterocycles. The highest BCUT2D eigenvalue weighted by Crippen LogP contribution is 2.28. The van der Waals surface area contributed by atoms with Crippen molar-refractivity contribution in [2.45, 2.75) is 12.1 Å². The molecule has 2 unspecified atom stereocenters. The van der Waals surface area contributed by atoms with E-state index in [4.69, 9.17) is 11.5 Å². The van der Waals surface area contributed by atoms with Crippen LogP contribution in [0.3, 0.4) is 0 Å². The highest BCUT2D eigenvalue weighted by molar-refractivity contribution is 5.74. The van der Waals surface area contributed by atoms with Crippen LogP contribution in [0.4, 0.5) is 9.59 Å². The third kappa shape index (κ3) is 4.42. The molecule has 2 aromatic heterocycles. The molecule has 0 aliphatic carbocycles. The molecule has 24 heavy (non-hydrogen) atoms. The summed E-state index contributed by atoms with van der Waals surface area (Å²) in [7, 11) is 3.77. The summed E-state index contributed by atoms with van der Waals surface area (Å²) in [6.07, 6.45) is 7.38. The van der Waals surface area contributed by atoms with E-state index in [2.05, 4.69) is 10.6 Å². The van der Waals surface area contributed by atoms with Gasteiger partial charge in [0.05, 0.1) is 12.1 Å². The molecule has 8 nitrogen and oxygen atoms in total. The standard InChI is InChI=1S/C16H20N6O2/c1-21-7-3-11(4-8-21)13(19-15(17)23)14(20-16(18)24)12-5-9-22(2)10-6-12/h3-10,13-14H,1-2H3,(H4-2,17,18,19,20,23,24)/p+2. The number of aryl methyl sites for hydroxylation is 2.